The average Bonchev–Trinajstić information content (AvgIpc) is 2.24. The van der Waals surface area contributed by atoms with Crippen molar-refractivity contribution in [3.63, 3.8) is 0 Å². The number of hydrogen-bond acceptors (Lipinski definition) is 2. The molecule has 0 heterocycles. The van der Waals surface area contributed by atoms with Gasteiger partial charge in [-0.3, -0.25) is 0 Å². The molecule has 1 aromatic carbocycles. The lowest BCUT2D eigenvalue weighted by molar-refractivity contribution is 0.459. The Hall–Kier alpha value is -0.170. The van der Waals surface area contributed by atoms with E-state index in [1.54, 1.807) is 31.2 Å². The van der Waals surface area contributed by atoms with Crippen LogP contribution in [0.25, 0.3) is 0 Å². The normalized spacial score (nSPS) is 11.8. The van der Waals surface area contributed by atoms with E-state index in [9.17, 15) is 8.42 Å². The Kier molecular flexibility index (Phi) is 5.37. The van der Waals surface area contributed by atoms with Crippen LogP contribution in [0.2, 0.25) is 0 Å². The Morgan fingerprint density at radius 3 is 2.53 bits per heavy atom. The second kappa shape index (κ2) is 6.13. The predicted molar refractivity (Wildman–Crippen MR) is 76.5 cm³/mol. The summed E-state index contributed by atoms with van der Waals surface area (Å²) in [4.78, 5) is 0.268. The summed E-state index contributed by atoms with van der Waals surface area (Å²) in [6, 6.07) is 5.00. The van der Waals surface area contributed by atoms with E-state index in [-0.39, 0.29) is 4.90 Å². The zero-order chi connectivity index (χ0) is 13.1. The van der Waals surface area contributed by atoms with E-state index in [0.717, 1.165) is 4.47 Å². The largest absolute Gasteiger partial charge is 0.244 e. The molecule has 0 unspecified atom stereocenters. The van der Waals surface area contributed by atoms with Crippen molar-refractivity contribution < 1.29 is 8.42 Å². The maximum Gasteiger partial charge on any atom is 0.244 e. The van der Waals surface area contributed by atoms with Gasteiger partial charge in [0.15, 0.2) is 0 Å². The Bertz CT molecular complexity index is 514. The molecule has 0 spiro atoms. The highest BCUT2D eigenvalue weighted by atomic mass is 79.9. The lowest BCUT2D eigenvalue weighted by Crippen LogP contribution is -2.31. The summed E-state index contributed by atoms with van der Waals surface area (Å²) in [7, 11) is -3.47. The van der Waals surface area contributed by atoms with Crippen LogP contribution in [0.15, 0.2) is 44.7 Å². The van der Waals surface area contributed by atoms with Crippen molar-refractivity contribution in [2.24, 2.45) is 0 Å². The van der Waals surface area contributed by atoms with Crippen LogP contribution in [0.3, 0.4) is 0 Å². The topological polar surface area (TPSA) is 37.4 Å². The molecule has 0 aromatic heterocycles. The van der Waals surface area contributed by atoms with Gasteiger partial charge in [-0.25, -0.2) is 8.42 Å². The Morgan fingerprint density at radius 2 is 2.06 bits per heavy atom. The first-order valence-corrected chi connectivity index (χ1v) is 8.02. The fourth-order valence-electron chi connectivity index (χ4n) is 1.36. The second-order valence-electron chi connectivity index (χ2n) is 3.32. The van der Waals surface area contributed by atoms with Crippen LogP contribution in [-0.4, -0.2) is 25.8 Å². The molecule has 0 atom stereocenters. The lowest BCUT2D eigenvalue weighted by Gasteiger charge is -2.19. The molecule has 1 aromatic rings. The number of hydrogen-bond donors (Lipinski definition) is 0. The highest BCUT2D eigenvalue weighted by Crippen LogP contribution is 2.27. The fraction of sp³-hybridized carbons (Fsp3) is 0.273. The highest BCUT2D eigenvalue weighted by Gasteiger charge is 2.24. The Balaban J connectivity index is 3.24. The molecule has 17 heavy (non-hydrogen) atoms. The van der Waals surface area contributed by atoms with Gasteiger partial charge in [-0.2, -0.15) is 4.31 Å². The van der Waals surface area contributed by atoms with Gasteiger partial charge in [0.25, 0.3) is 0 Å². The van der Waals surface area contributed by atoms with E-state index in [4.69, 9.17) is 0 Å². The number of sulfonamides is 1. The van der Waals surface area contributed by atoms with Crippen LogP contribution in [-0.2, 0) is 10.0 Å². The van der Waals surface area contributed by atoms with Crippen LogP contribution < -0.4 is 0 Å². The maximum atomic E-state index is 12.3. The minimum Gasteiger partial charge on any atom is -0.207 e. The molecule has 3 nitrogen and oxygen atoms in total. The minimum atomic E-state index is -3.47. The van der Waals surface area contributed by atoms with Crippen LogP contribution in [0.4, 0.5) is 0 Å². The summed E-state index contributed by atoms with van der Waals surface area (Å²) in [5.41, 5.74) is 0. The van der Waals surface area contributed by atoms with Crippen LogP contribution in [0.1, 0.15) is 6.92 Å². The number of benzene rings is 1. The predicted octanol–water partition coefficient (Wildman–Crippen LogP) is 3.41. The van der Waals surface area contributed by atoms with Crippen molar-refractivity contribution >= 4 is 41.9 Å². The summed E-state index contributed by atoms with van der Waals surface area (Å²) in [5, 5.41) is 0. The third-order valence-electron chi connectivity index (χ3n) is 2.20. The van der Waals surface area contributed by atoms with Crippen molar-refractivity contribution in [1.82, 2.24) is 4.31 Å². The molecule has 0 aliphatic carbocycles. The summed E-state index contributed by atoms with van der Waals surface area (Å²) in [6.07, 6.45) is 1.58. The van der Waals surface area contributed by atoms with Crippen molar-refractivity contribution in [3.05, 3.63) is 39.8 Å². The van der Waals surface area contributed by atoms with Gasteiger partial charge >= 0.3 is 0 Å². The molecule has 6 heteroatoms. The van der Waals surface area contributed by atoms with Gasteiger partial charge in [-0.15, -0.1) is 6.58 Å². The molecule has 0 aliphatic rings. The molecule has 94 valence electrons. The van der Waals surface area contributed by atoms with E-state index < -0.39 is 10.0 Å². The van der Waals surface area contributed by atoms with Crippen molar-refractivity contribution in [2.45, 2.75) is 11.8 Å². The minimum absolute atomic E-state index is 0.268. The summed E-state index contributed by atoms with van der Waals surface area (Å²) in [5.74, 6) is 0. The summed E-state index contributed by atoms with van der Waals surface area (Å²) >= 11 is 6.56. The molecule has 1 rings (SSSR count). The smallest absolute Gasteiger partial charge is 0.207 e. The van der Waals surface area contributed by atoms with E-state index in [1.165, 1.54) is 4.31 Å². The second-order valence-corrected chi connectivity index (χ2v) is 7.00. The van der Waals surface area contributed by atoms with E-state index in [1.807, 2.05) is 0 Å². The number of nitrogens with zero attached hydrogens (tertiary/aromatic N) is 1. The Morgan fingerprint density at radius 1 is 1.41 bits per heavy atom. The standard InChI is InChI=1S/C11H13Br2NO2S/c1-3-7-14(4-2)17(15,16)11-6-5-9(12)8-10(11)13/h3,5-6,8H,1,4,7H2,2H3. The molecule has 0 radical (unpaired) electrons. The van der Waals surface area contributed by atoms with Gasteiger partial charge in [0.2, 0.25) is 10.0 Å². The molecule has 0 amide bonds. The van der Waals surface area contributed by atoms with Gasteiger partial charge < -0.3 is 0 Å². The quantitative estimate of drug-likeness (QED) is 0.731. The van der Waals surface area contributed by atoms with Crippen LogP contribution in [0.5, 0.6) is 0 Å². The molecule has 0 N–H and O–H groups in total. The first kappa shape index (κ1) is 14.9. The third-order valence-corrected chi connectivity index (χ3v) is 5.61. The van der Waals surface area contributed by atoms with Gasteiger partial charge in [0.05, 0.1) is 4.90 Å². The molecular formula is C11H13Br2NO2S. The molecule has 0 saturated heterocycles. The SMILES string of the molecule is C=CCN(CC)S(=O)(=O)c1ccc(Br)cc1Br. The van der Waals surface area contributed by atoms with E-state index >= 15 is 0 Å². The zero-order valence-corrected chi connectivity index (χ0v) is 13.3. The van der Waals surface area contributed by atoms with E-state index in [2.05, 4.69) is 38.4 Å². The van der Waals surface area contributed by atoms with Gasteiger partial charge in [0.1, 0.15) is 0 Å². The maximum absolute atomic E-state index is 12.3. The molecule has 0 bridgehead atoms. The third kappa shape index (κ3) is 3.40. The van der Waals surface area contributed by atoms with Gasteiger partial charge in [0, 0.05) is 22.0 Å². The number of rotatable bonds is 5. The van der Waals surface area contributed by atoms with Crippen molar-refractivity contribution in [2.75, 3.05) is 13.1 Å². The highest BCUT2D eigenvalue weighted by molar-refractivity contribution is 9.11. The zero-order valence-electron chi connectivity index (χ0n) is 9.36. The molecule has 0 aliphatic heterocycles. The number of likely N-dealkylation sites (N-methyl/N-ethyl adjacent to an activating group) is 1. The van der Waals surface area contributed by atoms with Gasteiger partial charge in [-0.05, 0) is 34.1 Å². The van der Waals surface area contributed by atoms with E-state index in [0.29, 0.717) is 17.6 Å². The van der Waals surface area contributed by atoms with Gasteiger partial charge in [-0.1, -0.05) is 28.9 Å². The monoisotopic (exact) mass is 381 g/mol. The lowest BCUT2D eigenvalue weighted by atomic mass is 10.4. The fourth-order valence-corrected chi connectivity index (χ4v) is 4.49. The molecular weight excluding hydrogens is 370 g/mol. The Labute approximate surface area is 119 Å². The first-order valence-electron chi connectivity index (χ1n) is 4.99. The van der Waals surface area contributed by atoms with Crippen molar-refractivity contribution in [1.29, 1.82) is 0 Å². The van der Waals surface area contributed by atoms with Crippen molar-refractivity contribution in [3.8, 4) is 0 Å². The average molecular weight is 383 g/mol. The van der Waals surface area contributed by atoms with Crippen LogP contribution in [0, 0.1) is 0 Å². The number of halogens is 2. The molecule has 0 fully saturated rings. The summed E-state index contributed by atoms with van der Waals surface area (Å²) in [6.45, 7) is 6.09. The summed E-state index contributed by atoms with van der Waals surface area (Å²) < 4.78 is 27.4. The van der Waals surface area contributed by atoms with Crippen LogP contribution >= 0.6 is 31.9 Å². The molecule has 0 saturated carbocycles. The first-order chi connectivity index (χ1) is 7.93.